The van der Waals surface area contributed by atoms with Crippen LogP contribution in [0.15, 0.2) is 42.6 Å². The van der Waals surface area contributed by atoms with E-state index in [1.54, 1.807) is 6.07 Å². The number of hydrogen-bond acceptors (Lipinski definition) is 4. The van der Waals surface area contributed by atoms with E-state index >= 15 is 0 Å². The third-order valence-corrected chi connectivity index (χ3v) is 5.87. The number of amides is 2. The molecule has 0 atom stereocenters. The predicted molar refractivity (Wildman–Crippen MR) is 124 cm³/mol. The molecular formula is C25H31F3N4O2. The normalized spacial score (nSPS) is 15.4. The zero-order valence-corrected chi connectivity index (χ0v) is 19.7. The Morgan fingerprint density at radius 2 is 1.88 bits per heavy atom. The molecule has 34 heavy (non-hydrogen) atoms. The molecule has 1 saturated heterocycles. The molecule has 2 amide bonds. The highest BCUT2D eigenvalue weighted by atomic mass is 19.4. The van der Waals surface area contributed by atoms with Crippen molar-refractivity contribution in [1.29, 1.82) is 0 Å². The maximum Gasteiger partial charge on any atom is 0.417 e. The highest BCUT2D eigenvalue weighted by Gasteiger charge is 2.31. The van der Waals surface area contributed by atoms with Gasteiger partial charge < -0.3 is 10.2 Å². The summed E-state index contributed by atoms with van der Waals surface area (Å²) < 4.78 is 38.0. The van der Waals surface area contributed by atoms with Crippen LogP contribution in [0.2, 0.25) is 0 Å². The van der Waals surface area contributed by atoms with Crippen LogP contribution in [0.25, 0.3) is 0 Å². The topological polar surface area (TPSA) is 65.5 Å². The van der Waals surface area contributed by atoms with Crippen molar-refractivity contribution < 1.29 is 22.8 Å². The van der Waals surface area contributed by atoms with Crippen molar-refractivity contribution in [3.63, 3.8) is 0 Å². The zero-order chi connectivity index (χ0) is 24.9. The van der Waals surface area contributed by atoms with Crippen LogP contribution in [-0.4, -0.2) is 53.3 Å². The van der Waals surface area contributed by atoms with Crippen LogP contribution < -0.4 is 5.32 Å². The van der Waals surface area contributed by atoms with Gasteiger partial charge in [0.15, 0.2) is 0 Å². The van der Waals surface area contributed by atoms with Crippen molar-refractivity contribution in [2.24, 2.45) is 11.8 Å². The molecule has 1 aromatic carbocycles. The van der Waals surface area contributed by atoms with Crippen LogP contribution in [0.4, 0.5) is 18.9 Å². The van der Waals surface area contributed by atoms with Crippen molar-refractivity contribution in [3.8, 4) is 0 Å². The molecule has 3 rings (SSSR count). The lowest BCUT2D eigenvalue weighted by Crippen LogP contribution is -2.41. The van der Waals surface area contributed by atoms with Gasteiger partial charge in [0.1, 0.15) is 5.69 Å². The molecule has 1 aromatic heterocycles. The van der Waals surface area contributed by atoms with E-state index in [1.165, 1.54) is 0 Å². The second-order valence-electron chi connectivity index (χ2n) is 9.25. The summed E-state index contributed by atoms with van der Waals surface area (Å²) in [5.74, 6) is 0.143. The Bertz CT molecular complexity index is 984. The van der Waals surface area contributed by atoms with Crippen LogP contribution in [0.1, 0.15) is 48.3 Å². The zero-order valence-electron chi connectivity index (χ0n) is 19.7. The molecule has 0 saturated carbocycles. The number of aromatic nitrogens is 1. The molecule has 0 spiro atoms. The smallest absolute Gasteiger partial charge is 0.345 e. The maximum atomic E-state index is 12.7. The van der Waals surface area contributed by atoms with Crippen LogP contribution in [0, 0.1) is 11.8 Å². The summed E-state index contributed by atoms with van der Waals surface area (Å²) in [4.78, 5) is 32.8. The molecule has 6 nitrogen and oxygen atoms in total. The summed E-state index contributed by atoms with van der Waals surface area (Å²) in [5.41, 5.74) is 0.556. The molecule has 1 N–H and O–H groups in total. The van der Waals surface area contributed by atoms with Crippen molar-refractivity contribution >= 4 is 17.5 Å². The number of piperidine rings is 1. The van der Waals surface area contributed by atoms with E-state index in [9.17, 15) is 22.8 Å². The summed E-state index contributed by atoms with van der Waals surface area (Å²) >= 11 is 0. The number of nitrogens with zero attached hydrogens (tertiary/aromatic N) is 3. The number of pyridine rings is 1. The highest BCUT2D eigenvalue weighted by molar-refractivity contribution is 6.02. The lowest BCUT2D eigenvalue weighted by atomic mass is 9.94. The lowest BCUT2D eigenvalue weighted by molar-refractivity contribution is -0.138. The molecule has 0 radical (unpaired) electrons. The fourth-order valence-electron chi connectivity index (χ4n) is 4.18. The lowest BCUT2D eigenvalue weighted by Gasteiger charge is -2.33. The van der Waals surface area contributed by atoms with Gasteiger partial charge in [-0.25, -0.2) is 0 Å². The van der Waals surface area contributed by atoms with Gasteiger partial charge in [-0.05, 0) is 61.7 Å². The number of carbonyl (C=O) groups excluding carboxylic acids is 2. The number of rotatable bonds is 7. The Balaban J connectivity index is 1.53. The molecule has 2 aromatic rings. The van der Waals surface area contributed by atoms with Crippen molar-refractivity contribution in [1.82, 2.24) is 14.8 Å². The first-order valence-corrected chi connectivity index (χ1v) is 11.4. The second-order valence-corrected chi connectivity index (χ2v) is 9.25. The molecule has 0 unspecified atom stereocenters. The summed E-state index contributed by atoms with van der Waals surface area (Å²) in [6, 6.07) is 9.25. The maximum absolute atomic E-state index is 12.7. The third kappa shape index (κ3) is 7.03. The fourth-order valence-corrected chi connectivity index (χ4v) is 4.18. The number of hydrogen-bond donors (Lipinski definition) is 1. The SMILES string of the molecule is CC(C)CN(C)C(=O)C1CCN(Cc2cccc(NC(=O)c3ccc(C(F)(F)F)cn3)c2)CC1. The minimum atomic E-state index is -4.50. The van der Waals surface area contributed by atoms with Gasteiger partial charge in [0.05, 0.1) is 5.56 Å². The molecule has 1 fully saturated rings. The number of benzene rings is 1. The Labute approximate surface area is 198 Å². The van der Waals surface area contributed by atoms with E-state index in [4.69, 9.17) is 0 Å². The van der Waals surface area contributed by atoms with E-state index < -0.39 is 17.6 Å². The minimum absolute atomic E-state index is 0.0573. The van der Waals surface area contributed by atoms with E-state index in [-0.39, 0.29) is 17.5 Å². The molecule has 2 heterocycles. The van der Waals surface area contributed by atoms with Crippen molar-refractivity contribution in [2.45, 2.75) is 39.4 Å². The number of likely N-dealkylation sites (tertiary alicyclic amines) is 1. The summed E-state index contributed by atoms with van der Waals surface area (Å²) in [6.07, 6.45) is -2.21. The number of carbonyl (C=O) groups is 2. The van der Waals surface area contributed by atoms with Gasteiger partial charge in [0, 0.05) is 37.9 Å². The first kappa shape index (κ1) is 25.7. The van der Waals surface area contributed by atoms with Gasteiger partial charge in [0.25, 0.3) is 5.91 Å². The van der Waals surface area contributed by atoms with Gasteiger partial charge in [-0.15, -0.1) is 0 Å². The molecule has 1 aliphatic heterocycles. The van der Waals surface area contributed by atoms with Gasteiger partial charge in [-0.3, -0.25) is 19.5 Å². The standard InChI is InChI=1S/C25H31F3N4O2/c1-17(2)15-31(3)24(34)19-9-11-32(12-10-19)16-18-5-4-6-21(13-18)30-23(33)22-8-7-20(14-29-22)25(26,27)28/h4-8,13-14,17,19H,9-12,15-16H2,1-3H3,(H,30,33). The molecule has 184 valence electrons. The van der Waals surface area contributed by atoms with E-state index in [0.29, 0.717) is 24.3 Å². The highest BCUT2D eigenvalue weighted by Crippen LogP contribution is 2.28. The fraction of sp³-hybridized carbons (Fsp3) is 0.480. The average Bonchev–Trinajstić information content (AvgIpc) is 2.78. The molecule has 0 aliphatic carbocycles. The quantitative estimate of drug-likeness (QED) is 0.630. The van der Waals surface area contributed by atoms with Crippen molar-refractivity contribution in [2.75, 3.05) is 32.0 Å². The Hall–Kier alpha value is -2.94. The number of anilines is 1. The number of halogens is 3. The Morgan fingerprint density at radius 3 is 2.47 bits per heavy atom. The van der Waals surface area contributed by atoms with E-state index in [0.717, 1.165) is 50.2 Å². The second kappa shape index (κ2) is 11.0. The van der Waals surface area contributed by atoms with Gasteiger partial charge in [-0.2, -0.15) is 13.2 Å². The number of nitrogens with one attached hydrogen (secondary N) is 1. The monoisotopic (exact) mass is 476 g/mol. The van der Waals surface area contributed by atoms with Crippen LogP contribution in [0.5, 0.6) is 0 Å². The van der Waals surface area contributed by atoms with E-state index in [1.807, 2.05) is 30.1 Å². The summed E-state index contributed by atoms with van der Waals surface area (Å²) in [6.45, 7) is 7.28. The van der Waals surface area contributed by atoms with E-state index in [2.05, 4.69) is 29.0 Å². The third-order valence-electron chi connectivity index (χ3n) is 5.87. The molecular weight excluding hydrogens is 445 g/mol. The largest absolute Gasteiger partial charge is 0.417 e. The summed E-state index contributed by atoms with van der Waals surface area (Å²) in [7, 11) is 1.87. The summed E-state index contributed by atoms with van der Waals surface area (Å²) in [5, 5.41) is 2.69. The van der Waals surface area contributed by atoms with Crippen LogP contribution in [-0.2, 0) is 17.5 Å². The van der Waals surface area contributed by atoms with Gasteiger partial charge >= 0.3 is 6.18 Å². The molecule has 0 bridgehead atoms. The van der Waals surface area contributed by atoms with Crippen LogP contribution >= 0.6 is 0 Å². The van der Waals surface area contributed by atoms with Crippen molar-refractivity contribution in [3.05, 3.63) is 59.4 Å². The molecule has 9 heteroatoms. The number of alkyl halides is 3. The Kier molecular flexibility index (Phi) is 8.30. The van der Waals surface area contributed by atoms with Gasteiger partial charge in [-0.1, -0.05) is 26.0 Å². The Morgan fingerprint density at radius 1 is 1.18 bits per heavy atom. The van der Waals surface area contributed by atoms with Gasteiger partial charge in [0.2, 0.25) is 5.91 Å². The molecule has 1 aliphatic rings. The first-order valence-electron chi connectivity index (χ1n) is 11.4. The minimum Gasteiger partial charge on any atom is -0.345 e. The first-order chi connectivity index (χ1) is 16.0. The average molecular weight is 477 g/mol. The van der Waals surface area contributed by atoms with Crippen LogP contribution in [0.3, 0.4) is 0 Å². The predicted octanol–water partition coefficient (Wildman–Crippen LogP) is 4.68.